The Morgan fingerprint density at radius 2 is 1.82 bits per heavy atom. The average Bonchev–Trinajstić information content (AvgIpc) is 2.25. The lowest BCUT2D eigenvalue weighted by Gasteiger charge is -2.23. The Morgan fingerprint density at radius 1 is 1.24 bits per heavy atom. The lowest BCUT2D eigenvalue weighted by atomic mass is 10.1. The van der Waals surface area contributed by atoms with Crippen molar-refractivity contribution in [2.45, 2.75) is 33.2 Å². The molecule has 0 heterocycles. The topological polar surface area (TPSA) is 21.3 Å². The van der Waals surface area contributed by atoms with Gasteiger partial charge in [-0.1, -0.05) is 6.92 Å². The SMILES string of the molecule is CC(CNC(C)(C)C)COc1ccc(F)cc1. The van der Waals surface area contributed by atoms with Crippen molar-refractivity contribution < 1.29 is 9.13 Å². The molecule has 96 valence electrons. The van der Waals surface area contributed by atoms with Gasteiger partial charge in [0.1, 0.15) is 11.6 Å². The van der Waals surface area contributed by atoms with Gasteiger partial charge >= 0.3 is 0 Å². The van der Waals surface area contributed by atoms with Gasteiger partial charge < -0.3 is 10.1 Å². The second-order valence-electron chi connectivity index (χ2n) is 5.50. The van der Waals surface area contributed by atoms with Crippen LogP contribution in [0.4, 0.5) is 4.39 Å². The summed E-state index contributed by atoms with van der Waals surface area (Å²) in [6, 6.07) is 6.12. The molecule has 2 nitrogen and oxygen atoms in total. The number of benzene rings is 1. The van der Waals surface area contributed by atoms with E-state index in [1.165, 1.54) is 12.1 Å². The van der Waals surface area contributed by atoms with Crippen LogP contribution in [0.3, 0.4) is 0 Å². The number of hydrogen-bond donors (Lipinski definition) is 1. The van der Waals surface area contributed by atoms with E-state index in [0.717, 1.165) is 6.54 Å². The molecule has 0 bridgehead atoms. The molecule has 0 aliphatic carbocycles. The summed E-state index contributed by atoms with van der Waals surface area (Å²) in [6.45, 7) is 10.1. The van der Waals surface area contributed by atoms with Gasteiger partial charge in [-0.2, -0.15) is 0 Å². The van der Waals surface area contributed by atoms with E-state index in [1.807, 2.05) is 0 Å². The van der Waals surface area contributed by atoms with Crippen molar-refractivity contribution in [1.82, 2.24) is 5.32 Å². The van der Waals surface area contributed by atoms with Gasteiger partial charge in [0.25, 0.3) is 0 Å². The molecular weight excluding hydrogens is 217 g/mol. The Hall–Kier alpha value is -1.09. The smallest absolute Gasteiger partial charge is 0.123 e. The molecule has 0 aliphatic rings. The summed E-state index contributed by atoms with van der Waals surface area (Å²) in [5.41, 5.74) is 0.129. The first-order valence-electron chi connectivity index (χ1n) is 6.00. The van der Waals surface area contributed by atoms with Gasteiger partial charge in [0.05, 0.1) is 6.61 Å². The molecule has 0 saturated heterocycles. The second-order valence-corrected chi connectivity index (χ2v) is 5.50. The largest absolute Gasteiger partial charge is 0.493 e. The quantitative estimate of drug-likeness (QED) is 0.851. The monoisotopic (exact) mass is 239 g/mol. The highest BCUT2D eigenvalue weighted by Crippen LogP contribution is 2.12. The van der Waals surface area contributed by atoms with E-state index in [-0.39, 0.29) is 11.4 Å². The van der Waals surface area contributed by atoms with Crippen molar-refractivity contribution in [2.24, 2.45) is 5.92 Å². The minimum atomic E-state index is -0.236. The van der Waals surface area contributed by atoms with Crippen molar-refractivity contribution >= 4 is 0 Å². The molecule has 0 spiro atoms. The van der Waals surface area contributed by atoms with Crippen molar-refractivity contribution in [2.75, 3.05) is 13.2 Å². The van der Waals surface area contributed by atoms with Crippen LogP contribution in [-0.4, -0.2) is 18.7 Å². The summed E-state index contributed by atoms with van der Waals surface area (Å²) < 4.78 is 18.3. The van der Waals surface area contributed by atoms with Gasteiger partial charge in [-0.25, -0.2) is 4.39 Å². The second kappa shape index (κ2) is 6.01. The Balaban J connectivity index is 2.28. The Kier molecular flexibility index (Phi) is 4.94. The van der Waals surface area contributed by atoms with Crippen LogP contribution in [0.2, 0.25) is 0 Å². The molecule has 0 saturated carbocycles. The zero-order chi connectivity index (χ0) is 12.9. The number of rotatable bonds is 5. The number of halogens is 1. The van der Waals surface area contributed by atoms with Crippen LogP contribution < -0.4 is 10.1 Å². The molecule has 1 atom stereocenters. The minimum Gasteiger partial charge on any atom is -0.493 e. The first-order valence-corrected chi connectivity index (χ1v) is 6.00. The first-order chi connectivity index (χ1) is 7.87. The van der Waals surface area contributed by atoms with Crippen LogP contribution >= 0.6 is 0 Å². The molecule has 0 radical (unpaired) electrons. The number of ether oxygens (including phenoxy) is 1. The molecule has 1 N–H and O–H groups in total. The zero-order valence-electron chi connectivity index (χ0n) is 11.1. The lowest BCUT2D eigenvalue weighted by Crippen LogP contribution is -2.39. The third kappa shape index (κ3) is 6.27. The third-order valence-electron chi connectivity index (χ3n) is 2.33. The van der Waals surface area contributed by atoms with Gasteiger partial charge in [0.15, 0.2) is 0 Å². The highest BCUT2D eigenvalue weighted by Gasteiger charge is 2.11. The number of hydrogen-bond acceptors (Lipinski definition) is 2. The normalized spacial score (nSPS) is 13.5. The van der Waals surface area contributed by atoms with E-state index in [1.54, 1.807) is 12.1 Å². The molecule has 0 aliphatic heterocycles. The van der Waals surface area contributed by atoms with Crippen LogP contribution in [0, 0.1) is 11.7 Å². The molecule has 0 amide bonds. The van der Waals surface area contributed by atoms with Crippen LogP contribution in [0.5, 0.6) is 5.75 Å². The van der Waals surface area contributed by atoms with Gasteiger partial charge in [-0.05, 0) is 45.0 Å². The van der Waals surface area contributed by atoms with Gasteiger partial charge in [0.2, 0.25) is 0 Å². The average molecular weight is 239 g/mol. The summed E-state index contributed by atoms with van der Waals surface area (Å²) in [5, 5.41) is 3.43. The van der Waals surface area contributed by atoms with E-state index in [2.05, 4.69) is 33.0 Å². The van der Waals surface area contributed by atoms with Crippen LogP contribution in [0.1, 0.15) is 27.7 Å². The molecule has 1 aromatic rings. The third-order valence-corrected chi connectivity index (χ3v) is 2.33. The van der Waals surface area contributed by atoms with Crippen molar-refractivity contribution in [3.63, 3.8) is 0 Å². The van der Waals surface area contributed by atoms with Crippen LogP contribution in [0.15, 0.2) is 24.3 Å². The Labute approximate surface area is 103 Å². The van der Waals surface area contributed by atoms with Crippen molar-refractivity contribution in [3.8, 4) is 5.75 Å². The summed E-state index contributed by atoms with van der Waals surface area (Å²) in [6.07, 6.45) is 0. The van der Waals surface area contributed by atoms with Gasteiger partial charge in [-0.15, -0.1) is 0 Å². The summed E-state index contributed by atoms with van der Waals surface area (Å²) in [4.78, 5) is 0. The molecule has 1 unspecified atom stereocenters. The fourth-order valence-corrected chi connectivity index (χ4v) is 1.31. The number of nitrogens with one attached hydrogen (secondary N) is 1. The summed E-state index contributed by atoms with van der Waals surface area (Å²) >= 11 is 0. The molecule has 1 rings (SSSR count). The Bertz CT molecular complexity index is 329. The minimum absolute atomic E-state index is 0.129. The first kappa shape index (κ1) is 14.0. The van der Waals surface area contributed by atoms with E-state index in [9.17, 15) is 4.39 Å². The lowest BCUT2D eigenvalue weighted by molar-refractivity contribution is 0.244. The molecule has 0 aromatic heterocycles. The fourth-order valence-electron chi connectivity index (χ4n) is 1.31. The molecular formula is C14H22FNO. The van der Waals surface area contributed by atoms with Gasteiger partial charge in [-0.3, -0.25) is 0 Å². The molecule has 17 heavy (non-hydrogen) atoms. The highest BCUT2D eigenvalue weighted by molar-refractivity contribution is 5.21. The molecule has 0 fully saturated rings. The standard InChI is InChI=1S/C14H22FNO/c1-11(9-16-14(2,3)4)10-17-13-7-5-12(15)6-8-13/h5-8,11,16H,9-10H2,1-4H3. The molecule has 1 aromatic carbocycles. The summed E-state index contributed by atoms with van der Waals surface area (Å²) in [7, 11) is 0. The predicted molar refractivity (Wildman–Crippen MR) is 68.8 cm³/mol. The zero-order valence-corrected chi connectivity index (χ0v) is 11.1. The maximum Gasteiger partial charge on any atom is 0.123 e. The van der Waals surface area contributed by atoms with Crippen molar-refractivity contribution in [1.29, 1.82) is 0 Å². The predicted octanol–water partition coefficient (Wildman–Crippen LogP) is 3.23. The van der Waals surface area contributed by atoms with Crippen LogP contribution in [-0.2, 0) is 0 Å². The van der Waals surface area contributed by atoms with Gasteiger partial charge in [0, 0.05) is 18.0 Å². The van der Waals surface area contributed by atoms with E-state index in [0.29, 0.717) is 18.3 Å². The van der Waals surface area contributed by atoms with Crippen molar-refractivity contribution in [3.05, 3.63) is 30.1 Å². The molecule has 3 heteroatoms. The highest BCUT2D eigenvalue weighted by atomic mass is 19.1. The van der Waals surface area contributed by atoms with E-state index >= 15 is 0 Å². The summed E-state index contributed by atoms with van der Waals surface area (Å²) in [5.74, 6) is 0.896. The Morgan fingerprint density at radius 3 is 2.35 bits per heavy atom. The maximum absolute atomic E-state index is 12.7. The van der Waals surface area contributed by atoms with E-state index < -0.39 is 0 Å². The maximum atomic E-state index is 12.7. The van der Waals surface area contributed by atoms with Crippen LogP contribution in [0.25, 0.3) is 0 Å². The van der Waals surface area contributed by atoms with E-state index in [4.69, 9.17) is 4.74 Å². The fraction of sp³-hybridized carbons (Fsp3) is 0.571.